The molecule has 0 atom stereocenters. The van der Waals surface area contributed by atoms with E-state index >= 15 is 0 Å². The van der Waals surface area contributed by atoms with Crippen molar-refractivity contribution in [2.24, 2.45) is 0 Å². The summed E-state index contributed by atoms with van der Waals surface area (Å²) in [6.45, 7) is 9.80. The van der Waals surface area contributed by atoms with Crippen molar-refractivity contribution < 1.29 is 4.74 Å². The van der Waals surface area contributed by atoms with E-state index in [9.17, 15) is 0 Å². The highest BCUT2D eigenvalue weighted by molar-refractivity contribution is 5.98. The number of aryl methyl sites for hydroxylation is 4. The fraction of sp³-hybridized carbons (Fsp3) is 0.320. The minimum Gasteiger partial charge on any atom is -0.494 e. The van der Waals surface area contributed by atoms with Crippen LogP contribution in [0.2, 0.25) is 0 Å². The molecule has 0 saturated heterocycles. The highest BCUT2D eigenvalue weighted by Crippen LogP contribution is 2.34. The monoisotopic (exact) mass is 415 g/mol. The quantitative estimate of drug-likeness (QED) is 0.402. The Balaban J connectivity index is 1.62. The van der Waals surface area contributed by atoms with Crippen molar-refractivity contribution >= 4 is 16.6 Å². The number of fused-ring (bicyclic) bond motifs is 1. The topological polar surface area (TPSA) is 64.9 Å². The maximum atomic E-state index is 5.60. The number of ether oxygens (including phenoxy) is 1. The first kappa shape index (κ1) is 20.8. The molecule has 0 amide bonds. The van der Waals surface area contributed by atoms with Crippen LogP contribution < -0.4 is 10.1 Å². The van der Waals surface area contributed by atoms with Crippen molar-refractivity contribution in [2.45, 2.75) is 40.5 Å². The Kier molecular flexibility index (Phi) is 6.16. The third-order valence-corrected chi connectivity index (χ3v) is 5.61. The number of hydrogen-bond donors (Lipinski definition) is 1. The first-order valence-corrected chi connectivity index (χ1v) is 10.8. The van der Waals surface area contributed by atoms with Crippen LogP contribution in [0, 0.1) is 20.8 Å². The highest BCUT2D eigenvalue weighted by Gasteiger charge is 2.19. The van der Waals surface area contributed by atoms with Crippen molar-refractivity contribution in [3.63, 3.8) is 0 Å². The molecule has 0 radical (unpaired) electrons. The fourth-order valence-electron chi connectivity index (χ4n) is 4.21. The summed E-state index contributed by atoms with van der Waals surface area (Å²) in [4.78, 5) is 4.19. The summed E-state index contributed by atoms with van der Waals surface area (Å²) in [6.07, 6.45) is 5.71. The van der Waals surface area contributed by atoms with E-state index in [2.05, 4.69) is 57.1 Å². The van der Waals surface area contributed by atoms with Gasteiger partial charge in [0.2, 0.25) is 0 Å². The lowest BCUT2D eigenvalue weighted by atomic mass is 10.1. The Labute approximate surface area is 183 Å². The van der Waals surface area contributed by atoms with E-state index in [0.29, 0.717) is 6.61 Å². The molecule has 6 nitrogen and oxygen atoms in total. The first-order valence-electron chi connectivity index (χ1n) is 10.8. The van der Waals surface area contributed by atoms with E-state index in [-0.39, 0.29) is 0 Å². The van der Waals surface area contributed by atoms with Gasteiger partial charge in [-0.3, -0.25) is 4.98 Å². The lowest BCUT2D eigenvalue weighted by Gasteiger charge is -2.11. The molecule has 160 valence electrons. The van der Waals surface area contributed by atoms with Crippen molar-refractivity contribution in [3.05, 3.63) is 71.4 Å². The average molecular weight is 416 g/mol. The van der Waals surface area contributed by atoms with Gasteiger partial charge in [-0.05, 0) is 76.4 Å². The van der Waals surface area contributed by atoms with Crippen LogP contribution in [0.4, 0.5) is 5.82 Å². The molecule has 31 heavy (non-hydrogen) atoms. The molecule has 0 unspecified atom stereocenters. The van der Waals surface area contributed by atoms with Crippen LogP contribution in [-0.2, 0) is 6.42 Å². The molecule has 6 heteroatoms. The van der Waals surface area contributed by atoms with Gasteiger partial charge in [0.15, 0.2) is 5.82 Å². The summed E-state index contributed by atoms with van der Waals surface area (Å²) >= 11 is 0. The Morgan fingerprint density at radius 2 is 1.74 bits per heavy atom. The molecule has 3 aromatic heterocycles. The van der Waals surface area contributed by atoms with E-state index in [1.807, 2.05) is 38.2 Å². The van der Waals surface area contributed by atoms with Crippen molar-refractivity contribution in [1.82, 2.24) is 19.7 Å². The number of rotatable bonds is 8. The van der Waals surface area contributed by atoms with Gasteiger partial charge in [0.25, 0.3) is 0 Å². The molecule has 0 aliphatic heterocycles. The molecule has 0 aliphatic carbocycles. The zero-order chi connectivity index (χ0) is 21.8. The van der Waals surface area contributed by atoms with Crippen LogP contribution in [0.1, 0.15) is 36.0 Å². The Morgan fingerprint density at radius 3 is 2.45 bits per heavy atom. The second-order valence-corrected chi connectivity index (χ2v) is 7.71. The highest BCUT2D eigenvalue weighted by atomic mass is 16.5. The maximum absolute atomic E-state index is 5.60. The van der Waals surface area contributed by atoms with E-state index in [1.165, 1.54) is 11.3 Å². The molecule has 0 spiro atoms. The van der Waals surface area contributed by atoms with Crippen LogP contribution >= 0.6 is 0 Å². The number of nitrogens with one attached hydrogen (secondary N) is 1. The van der Waals surface area contributed by atoms with Crippen molar-refractivity contribution in [3.8, 4) is 11.4 Å². The average Bonchev–Trinajstić information content (AvgIpc) is 3.05. The summed E-state index contributed by atoms with van der Waals surface area (Å²) in [7, 11) is 0. The lowest BCUT2D eigenvalue weighted by molar-refractivity contribution is 0.340. The standard InChI is InChI=1S/C25H29N5O/c1-5-31-22-12-10-21(11-13-22)30-18(3)23-17(2)28-29-25(24(23)19(30)4)27-15-7-9-20-8-6-14-26-16-20/h6,8,10-14,16H,5,7,9,15H2,1-4H3,(H,27,29). The van der Waals surface area contributed by atoms with Crippen molar-refractivity contribution in [2.75, 3.05) is 18.5 Å². The molecular weight excluding hydrogens is 386 g/mol. The van der Waals surface area contributed by atoms with E-state index in [4.69, 9.17) is 4.74 Å². The zero-order valence-electron chi connectivity index (χ0n) is 18.6. The van der Waals surface area contributed by atoms with E-state index < -0.39 is 0 Å². The fourth-order valence-corrected chi connectivity index (χ4v) is 4.21. The normalized spacial score (nSPS) is 11.1. The van der Waals surface area contributed by atoms with Gasteiger partial charge < -0.3 is 14.6 Å². The number of anilines is 1. The predicted molar refractivity (Wildman–Crippen MR) is 125 cm³/mol. The van der Waals surface area contributed by atoms with Crippen LogP contribution in [0.5, 0.6) is 5.75 Å². The van der Waals surface area contributed by atoms with Gasteiger partial charge in [-0.1, -0.05) is 6.07 Å². The smallest absolute Gasteiger partial charge is 0.158 e. The third-order valence-electron chi connectivity index (χ3n) is 5.61. The summed E-state index contributed by atoms with van der Waals surface area (Å²) in [5, 5.41) is 14.7. The Hall–Kier alpha value is -3.41. The Bertz CT molecular complexity index is 1170. The molecule has 0 aliphatic rings. The van der Waals surface area contributed by atoms with Gasteiger partial charge >= 0.3 is 0 Å². The summed E-state index contributed by atoms with van der Waals surface area (Å²) in [5.74, 6) is 1.73. The van der Waals surface area contributed by atoms with E-state index in [0.717, 1.165) is 58.8 Å². The van der Waals surface area contributed by atoms with Gasteiger partial charge in [0.1, 0.15) is 5.75 Å². The molecule has 0 fully saturated rings. The van der Waals surface area contributed by atoms with E-state index in [1.54, 1.807) is 6.20 Å². The number of aromatic nitrogens is 4. The lowest BCUT2D eigenvalue weighted by Crippen LogP contribution is -2.07. The maximum Gasteiger partial charge on any atom is 0.158 e. The Morgan fingerprint density at radius 1 is 0.968 bits per heavy atom. The first-order chi connectivity index (χ1) is 15.1. The van der Waals surface area contributed by atoms with Gasteiger partial charge in [-0.15, -0.1) is 5.10 Å². The molecule has 0 bridgehead atoms. The van der Waals surface area contributed by atoms with Crippen molar-refractivity contribution in [1.29, 1.82) is 0 Å². The van der Waals surface area contributed by atoms with Gasteiger partial charge in [0.05, 0.1) is 12.3 Å². The molecule has 4 rings (SSSR count). The largest absolute Gasteiger partial charge is 0.494 e. The van der Waals surface area contributed by atoms with Crippen LogP contribution in [0.15, 0.2) is 48.8 Å². The van der Waals surface area contributed by atoms with Crippen LogP contribution in [0.25, 0.3) is 16.5 Å². The third kappa shape index (κ3) is 4.24. The number of benzene rings is 1. The molecular formula is C25H29N5O. The SMILES string of the molecule is CCOc1ccc(-n2c(C)c3c(C)nnc(NCCCc4cccnc4)c3c2C)cc1. The molecule has 1 N–H and O–H groups in total. The van der Waals surface area contributed by atoms with Gasteiger partial charge in [0, 0.05) is 46.8 Å². The minimum absolute atomic E-state index is 0.664. The number of pyridine rings is 1. The second kappa shape index (κ2) is 9.16. The summed E-state index contributed by atoms with van der Waals surface area (Å²) in [6, 6.07) is 12.3. The summed E-state index contributed by atoms with van der Waals surface area (Å²) < 4.78 is 7.87. The zero-order valence-corrected chi connectivity index (χ0v) is 18.6. The van der Waals surface area contributed by atoms with Gasteiger partial charge in [-0.25, -0.2) is 0 Å². The molecule has 1 aromatic carbocycles. The number of hydrogen-bond acceptors (Lipinski definition) is 5. The van der Waals surface area contributed by atoms with Gasteiger partial charge in [-0.2, -0.15) is 5.10 Å². The predicted octanol–water partition coefficient (Wildman–Crippen LogP) is 5.18. The second-order valence-electron chi connectivity index (χ2n) is 7.71. The molecule has 3 heterocycles. The molecule has 4 aromatic rings. The van der Waals surface area contributed by atoms with Crippen LogP contribution in [-0.4, -0.2) is 32.9 Å². The summed E-state index contributed by atoms with van der Waals surface area (Å²) in [5.41, 5.74) is 5.63. The minimum atomic E-state index is 0.664. The van der Waals surface area contributed by atoms with Crippen LogP contribution in [0.3, 0.4) is 0 Å². The molecule has 0 saturated carbocycles. The number of nitrogens with zero attached hydrogens (tertiary/aromatic N) is 4.